The number of nitrogens with one attached hydrogen (secondary N) is 2. The molecular formula is C18H18F2N4O5. The van der Waals surface area contributed by atoms with Gasteiger partial charge in [-0.1, -0.05) is 18.2 Å². The molecule has 9 nitrogen and oxygen atoms in total. The Morgan fingerprint density at radius 3 is 2.52 bits per heavy atom. The van der Waals surface area contributed by atoms with E-state index in [0.717, 1.165) is 0 Å². The van der Waals surface area contributed by atoms with Gasteiger partial charge in [-0.15, -0.1) is 0 Å². The molecule has 0 saturated heterocycles. The summed E-state index contributed by atoms with van der Waals surface area (Å²) >= 11 is 0. The van der Waals surface area contributed by atoms with Crippen molar-refractivity contribution in [1.82, 2.24) is 10.6 Å². The Kier molecular flexibility index (Phi) is 6.27. The highest BCUT2D eigenvalue weighted by molar-refractivity contribution is 5.79. The number of fused-ring (bicyclic) bond motifs is 1. The zero-order valence-electron chi connectivity index (χ0n) is 15.4. The van der Waals surface area contributed by atoms with Gasteiger partial charge in [0.25, 0.3) is 5.69 Å². The van der Waals surface area contributed by atoms with Crippen LogP contribution in [0.25, 0.3) is 0 Å². The van der Waals surface area contributed by atoms with E-state index in [-0.39, 0.29) is 31.3 Å². The van der Waals surface area contributed by atoms with Gasteiger partial charge in [-0.05, 0) is 6.07 Å². The van der Waals surface area contributed by atoms with Gasteiger partial charge < -0.3 is 24.8 Å². The van der Waals surface area contributed by atoms with Crippen LogP contribution in [-0.4, -0.2) is 31.3 Å². The first-order chi connectivity index (χ1) is 14.0. The van der Waals surface area contributed by atoms with Gasteiger partial charge >= 0.3 is 6.61 Å². The molecule has 0 atom stereocenters. The first-order valence-electron chi connectivity index (χ1n) is 8.52. The Morgan fingerprint density at radius 1 is 1.21 bits per heavy atom. The fourth-order valence-electron chi connectivity index (χ4n) is 2.73. The van der Waals surface area contributed by atoms with Crippen molar-refractivity contribution >= 4 is 11.6 Å². The molecule has 1 aliphatic heterocycles. The number of benzene rings is 2. The minimum absolute atomic E-state index is 0.000582. The van der Waals surface area contributed by atoms with Crippen molar-refractivity contribution in [2.75, 3.05) is 13.8 Å². The van der Waals surface area contributed by atoms with Gasteiger partial charge in [0.15, 0.2) is 17.5 Å². The summed E-state index contributed by atoms with van der Waals surface area (Å²) in [5.41, 5.74) is 0.868. The van der Waals surface area contributed by atoms with E-state index in [1.165, 1.54) is 19.2 Å². The monoisotopic (exact) mass is 408 g/mol. The number of nitro benzene ring substituents is 1. The first kappa shape index (κ1) is 20.1. The third-order valence-electron chi connectivity index (χ3n) is 4.08. The molecule has 1 aliphatic rings. The zero-order chi connectivity index (χ0) is 20.8. The predicted octanol–water partition coefficient (Wildman–Crippen LogP) is 2.79. The SMILES string of the molecule is CN=C(NCc1cc2c(cc1OC(F)F)OCO2)NCc1ccccc1[N+](=O)[O-]. The fourth-order valence-corrected chi connectivity index (χ4v) is 2.73. The zero-order valence-corrected chi connectivity index (χ0v) is 15.4. The standard InChI is InChI=1S/C18H18F2N4O5/c1-21-18(22-8-11-4-2-3-5-13(11)24(25)26)23-9-12-6-15-16(28-10-27-15)7-14(12)29-17(19)20/h2-7,17H,8-10H2,1H3,(H2,21,22,23). The number of nitro groups is 1. The van der Waals surface area contributed by atoms with Gasteiger partial charge in [0.2, 0.25) is 6.79 Å². The Morgan fingerprint density at radius 2 is 1.86 bits per heavy atom. The lowest BCUT2D eigenvalue weighted by molar-refractivity contribution is -0.385. The van der Waals surface area contributed by atoms with Crippen molar-refractivity contribution in [3.8, 4) is 17.2 Å². The Hall–Kier alpha value is -3.63. The Labute approximate surface area is 164 Å². The van der Waals surface area contributed by atoms with Crippen molar-refractivity contribution in [3.63, 3.8) is 0 Å². The van der Waals surface area contributed by atoms with Crippen LogP contribution in [0.5, 0.6) is 17.2 Å². The lowest BCUT2D eigenvalue weighted by Gasteiger charge is -2.15. The molecule has 0 unspecified atom stereocenters. The molecule has 2 N–H and O–H groups in total. The van der Waals surface area contributed by atoms with Gasteiger partial charge in [-0.25, -0.2) is 0 Å². The molecular weight excluding hydrogens is 390 g/mol. The molecule has 0 aromatic heterocycles. The summed E-state index contributed by atoms with van der Waals surface area (Å²) in [7, 11) is 1.52. The number of rotatable bonds is 7. The van der Waals surface area contributed by atoms with Crippen molar-refractivity contribution in [2.24, 2.45) is 4.99 Å². The lowest BCUT2D eigenvalue weighted by Crippen LogP contribution is -2.36. The Balaban J connectivity index is 1.68. The van der Waals surface area contributed by atoms with Crippen LogP contribution in [0.15, 0.2) is 41.4 Å². The van der Waals surface area contributed by atoms with Crippen LogP contribution < -0.4 is 24.8 Å². The van der Waals surface area contributed by atoms with Crippen molar-refractivity contribution in [2.45, 2.75) is 19.7 Å². The van der Waals surface area contributed by atoms with Crippen LogP contribution in [0.3, 0.4) is 0 Å². The average molecular weight is 408 g/mol. The van der Waals surface area contributed by atoms with Crippen LogP contribution in [0.2, 0.25) is 0 Å². The molecule has 0 aliphatic carbocycles. The summed E-state index contributed by atoms with van der Waals surface area (Å²) in [6.07, 6.45) is 0. The van der Waals surface area contributed by atoms with Crippen molar-refractivity contribution < 1.29 is 27.9 Å². The largest absolute Gasteiger partial charge is 0.454 e. The highest BCUT2D eigenvalue weighted by Gasteiger charge is 2.20. The van der Waals surface area contributed by atoms with Crippen LogP contribution in [0.1, 0.15) is 11.1 Å². The molecule has 2 aromatic carbocycles. The van der Waals surface area contributed by atoms with E-state index >= 15 is 0 Å². The highest BCUT2D eigenvalue weighted by Crippen LogP contribution is 2.38. The maximum Gasteiger partial charge on any atom is 0.387 e. The summed E-state index contributed by atoms with van der Waals surface area (Å²) < 4.78 is 40.5. The van der Waals surface area contributed by atoms with Crippen LogP contribution in [0, 0.1) is 10.1 Å². The molecule has 11 heteroatoms. The van der Waals surface area contributed by atoms with Crippen molar-refractivity contribution in [1.29, 1.82) is 0 Å². The first-order valence-corrected chi connectivity index (χ1v) is 8.52. The van der Waals surface area contributed by atoms with Gasteiger partial charge in [0.05, 0.1) is 4.92 Å². The second-order valence-corrected chi connectivity index (χ2v) is 5.86. The number of hydrogen-bond donors (Lipinski definition) is 2. The molecule has 154 valence electrons. The summed E-state index contributed by atoms with van der Waals surface area (Å²) in [6.45, 7) is -2.75. The molecule has 29 heavy (non-hydrogen) atoms. The summed E-state index contributed by atoms with van der Waals surface area (Å²) in [6, 6.07) is 9.20. The number of alkyl halides is 2. The number of halogens is 2. The second kappa shape index (κ2) is 9.04. The highest BCUT2D eigenvalue weighted by atomic mass is 19.3. The molecule has 0 spiro atoms. The normalized spacial score (nSPS) is 12.8. The molecule has 0 saturated carbocycles. The number of para-hydroxylation sites is 1. The summed E-state index contributed by atoms with van der Waals surface area (Å²) in [5.74, 6) is 1.02. The van der Waals surface area contributed by atoms with Gasteiger partial charge in [-0.2, -0.15) is 8.78 Å². The van der Waals surface area contributed by atoms with E-state index < -0.39 is 11.5 Å². The number of nitrogens with zero attached hydrogens (tertiary/aromatic N) is 2. The number of guanidine groups is 1. The predicted molar refractivity (Wildman–Crippen MR) is 99.3 cm³/mol. The quantitative estimate of drug-likeness (QED) is 0.314. The topological polar surface area (TPSA) is 107 Å². The van der Waals surface area contributed by atoms with Gasteiger partial charge in [-0.3, -0.25) is 15.1 Å². The average Bonchev–Trinajstić information content (AvgIpc) is 3.15. The van der Waals surface area contributed by atoms with Crippen molar-refractivity contribution in [3.05, 3.63) is 57.6 Å². The van der Waals surface area contributed by atoms with E-state index in [1.54, 1.807) is 24.3 Å². The van der Waals surface area contributed by atoms with Crippen LogP contribution in [0.4, 0.5) is 14.5 Å². The Bertz CT molecular complexity index is 923. The summed E-state index contributed by atoms with van der Waals surface area (Å²) in [4.78, 5) is 14.7. The summed E-state index contributed by atoms with van der Waals surface area (Å²) in [5, 5.41) is 17.0. The smallest absolute Gasteiger partial charge is 0.387 e. The van der Waals surface area contributed by atoms with E-state index in [2.05, 4.69) is 20.4 Å². The molecule has 2 aromatic rings. The third-order valence-corrected chi connectivity index (χ3v) is 4.08. The van der Waals surface area contributed by atoms with Gasteiger partial charge in [0, 0.05) is 43.4 Å². The van der Waals surface area contributed by atoms with E-state index in [4.69, 9.17) is 9.47 Å². The fraction of sp³-hybridized carbons (Fsp3) is 0.278. The number of hydrogen-bond acceptors (Lipinski definition) is 6. The third kappa shape index (κ3) is 5.00. The maximum absolute atomic E-state index is 12.7. The number of ether oxygens (including phenoxy) is 3. The molecule has 3 rings (SSSR count). The minimum atomic E-state index is -3.00. The van der Waals surface area contributed by atoms with E-state index in [1.807, 2.05) is 0 Å². The maximum atomic E-state index is 12.7. The molecule has 0 radical (unpaired) electrons. The lowest BCUT2D eigenvalue weighted by atomic mass is 10.1. The molecule has 1 heterocycles. The minimum Gasteiger partial charge on any atom is -0.454 e. The second-order valence-electron chi connectivity index (χ2n) is 5.86. The molecule has 0 bridgehead atoms. The van der Waals surface area contributed by atoms with E-state index in [9.17, 15) is 18.9 Å². The van der Waals surface area contributed by atoms with Crippen LogP contribution in [-0.2, 0) is 13.1 Å². The number of aliphatic imine (C=N–C) groups is 1. The van der Waals surface area contributed by atoms with Crippen LogP contribution >= 0.6 is 0 Å². The van der Waals surface area contributed by atoms with Gasteiger partial charge in [0.1, 0.15) is 5.75 Å². The van der Waals surface area contributed by atoms with E-state index in [0.29, 0.717) is 28.6 Å². The molecule has 0 fully saturated rings. The molecule has 0 amide bonds.